The Hall–Kier alpha value is -2.59. The number of rotatable bonds is 4. The number of hydrogen-bond donors (Lipinski definition) is 1. The molecule has 0 aliphatic carbocycles. The van der Waals surface area contributed by atoms with Crippen LogP contribution in [0.3, 0.4) is 0 Å². The van der Waals surface area contributed by atoms with E-state index in [0.29, 0.717) is 0 Å². The molecule has 26 heavy (non-hydrogen) atoms. The van der Waals surface area contributed by atoms with Crippen LogP contribution in [-0.2, 0) is 13.0 Å². The number of para-hydroxylation sites is 1. The van der Waals surface area contributed by atoms with Gasteiger partial charge in [0, 0.05) is 34.7 Å². The lowest BCUT2D eigenvalue weighted by Crippen LogP contribution is -2.17. The molecule has 4 heteroatoms. The van der Waals surface area contributed by atoms with E-state index in [9.17, 15) is 0 Å². The number of aromatic amines is 1. The number of aromatic nitrogens is 2. The SMILES string of the molecule is Cc1ccc(N=c2scc(C)n2CCc2c[nH]c3ccccc23)cc1C. The summed E-state index contributed by atoms with van der Waals surface area (Å²) in [5, 5.41) is 3.50. The molecule has 2 aromatic carbocycles. The van der Waals surface area contributed by atoms with Crippen molar-refractivity contribution in [1.82, 2.24) is 9.55 Å². The first kappa shape index (κ1) is 16.9. The summed E-state index contributed by atoms with van der Waals surface area (Å²) < 4.78 is 2.32. The van der Waals surface area contributed by atoms with E-state index in [4.69, 9.17) is 4.99 Å². The minimum absolute atomic E-state index is 0.931. The zero-order chi connectivity index (χ0) is 18.1. The van der Waals surface area contributed by atoms with Crippen LogP contribution >= 0.6 is 11.3 Å². The van der Waals surface area contributed by atoms with Crippen molar-refractivity contribution in [3.8, 4) is 0 Å². The van der Waals surface area contributed by atoms with Crippen LogP contribution in [-0.4, -0.2) is 9.55 Å². The molecule has 2 aromatic heterocycles. The Balaban J connectivity index is 1.64. The lowest BCUT2D eigenvalue weighted by atomic mass is 10.1. The van der Waals surface area contributed by atoms with E-state index in [1.54, 1.807) is 11.3 Å². The van der Waals surface area contributed by atoms with Crippen molar-refractivity contribution in [1.29, 1.82) is 0 Å². The second kappa shape index (κ2) is 6.96. The Morgan fingerprint density at radius 3 is 2.73 bits per heavy atom. The molecule has 4 aromatic rings. The predicted molar refractivity (Wildman–Crippen MR) is 110 cm³/mol. The van der Waals surface area contributed by atoms with E-state index in [2.05, 4.69) is 84.4 Å². The first-order valence-corrected chi connectivity index (χ1v) is 9.82. The highest BCUT2D eigenvalue weighted by atomic mass is 32.1. The van der Waals surface area contributed by atoms with E-state index in [1.807, 2.05) is 0 Å². The molecular formula is C22H23N3S. The van der Waals surface area contributed by atoms with Gasteiger partial charge in [0.15, 0.2) is 4.80 Å². The molecule has 0 amide bonds. The van der Waals surface area contributed by atoms with Gasteiger partial charge in [-0.3, -0.25) is 0 Å². The Kier molecular flexibility index (Phi) is 4.51. The van der Waals surface area contributed by atoms with Crippen LogP contribution in [0.1, 0.15) is 22.4 Å². The number of H-pyrrole nitrogens is 1. The molecule has 0 saturated carbocycles. The fourth-order valence-corrected chi connectivity index (χ4v) is 4.17. The fraction of sp³-hybridized carbons (Fsp3) is 0.227. The average molecular weight is 362 g/mol. The molecular weight excluding hydrogens is 338 g/mol. The average Bonchev–Trinajstić information content (AvgIpc) is 3.20. The summed E-state index contributed by atoms with van der Waals surface area (Å²) in [6.07, 6.45) is 3.12. The number of thiazole rings is 1. The van der Waals surface area contributed by atoms with Gasteiger partial charge in [-0.05, 0) is 62.1 Å². The largest absolute Gasteiger partial charge is 0.361 e. The maximum atomic E-state index is 4.90. The Morgan fingerprint density at radius 2 is 1.88 bits per heavy atom. The van der Waals surface area contributed by atoms with Crippen LogP contribution < -0.4 is 4.80 Å². The summed E-state index contributed by atoms with van der Waals surface area (Å²) in [6.45, 7) is 7.36. The highest BCUT2D eigenvalue weighted by Crippen LogP contribution is 2.19. The molecule has 0 fully saturated rings. The Morgan fingerprint density at radius 1 is 1.04 bits per heavy atom. The number of aryl methyl sites for hydroxylation is 4. The summed E-state index contributed by atoms with van der Waals surface area (Å²) in [5.41, 5.74) is 7.43. The number of nitrogens with one attached hydrogen (secondary N) is 1. The van der Waals surface area contributed by atoms with Gasteiger partial charge < -0.3 is 9.55 Å². The minimum Gasteiger partial charge on any atom is -0.361 e. The van der Waals surface area contributed by atoms with E-state index in [1.165, 1.54) is 33.3 Å². The maximum absolute atomic E-state index is 4.90. The number of benzene rings is 2. The van der Waals surface area contributed by atoms with Crippen molar-refractivity contribution in [2.45, 2.75) is 33.7 Å². The predicted octanol–water partition coefficient (Wildman–Crippen LogP) is 5.43. The van der Waals surface area contributed by atoms with Gasteiger partial charge in [0.2, 0.25) is 0 Å². The molecule has 1 N–H and O–H groups in total. The van der Waals surface area contributed by atoms with E-state index < -0.39 is 0 Å². The standard InChI is InChI=1S/C22H23N3S/c1-15-8-9-19(12-16(15)2)24-22-25(17(3)14-26-22)11-10-18-13-23-21-7-5-4-6-20(18)21/h4-9,12-14,23H,10-11H2,1-3H3. The third kappa shape index (κ3) is 3.25. The minimum atomic E-state index is 0.931. The van der Waals surface area contributed by atoms with Crippen LogP contribution in [0.4, 0.5) is 5.69 Å². The topological polar surface area (TPSA) is 33.1 Å². The Labute approximate surface area is 157 Å². The van der Waals surface area contributed by atoms with Gasteiger partial charge in [-0.2, -0.15) is 0 Å². The van der Waals surface area contributed by atoms with Crippen LogP contribution in [0.25, 0.3) is 10.9 Å². The highest BCUT2D eigenvalue weighted by molar-refractivity contribution is 7.07. The van der Waals surface area contributed by atoms with Gasteiger partial charge in [0.1, 0.15) is 0 Å². The van der Waals surface area contributed by atoms with Gasteiger partial charge in [0.05, 0.1) is 5.69 Å². The van der Waals surface area contributed by atoms with Crippen molar-refractivity contribution in [2.24, 2.45) is 4.99 Å². The molecule has 2 heterocycles. The van der Waals surface area contributed by atoms with Crippen LogP contribution in [0.15, 0.2) is 59.0 Å². The number of fused-ring (bicyclic) bond motifs is 1. The Bertz CT molecular complexity index is 1130. The summed E-state index contributed by atoms with van der Waals surface area (Å²) in [4.78, 5) is 9.33. The third-order valence-corrected chi connectivity index (χ3v) is 5.97. The van der Waals surface area contributed by atoms with E-state index in [0.717, 1.165) is 23.5 Å². The van der Waals surface area contributed by atoms with Crippen molar-refractivity contribution in [2.75, 3.05) is 0 Å². The van der Waals surface area contributed by atoms with Crippen molar-refractivity contribution >= 4 is 27.9 Å². The number of nitrogens with zero attached hydrogens (tertiary/aromatic N) is 2. The van der Waals surface area contributed by atoms with Crippen molar-refractivity contribution in [3.05, 3.63) is 81.2 Å². The zero-order valence-electron chi connectivity index (χ0n) is 15.4. The summed E-state index contributed by atoms with van der Waals surface area (Å²) in [5.74, 6) is 0. The third-order valence-electron chi connectivity index (χ3n) is 4.99. The normalized spacial score (nSPS) is 12.2. The first-order chi connectivity index (χ1) is 12.6. The van der Waals surface area contributed by atoms with Gasteiger partial charge in [-0.25, -0.2) is 4.99 Å². The van der Waals surface area contributed by atoms with E-state index >= 15 is 0 Å². The molecule has 0 aliphatic rings. The molecule has 0 radical (unpaired) electrons. The lowest BCUT2D eigenvalue weighted by Gasteiger charge is -2.06. The molecule has 4 rings (SSSR count). The van der Waals surface area contributed by atoms with Crippen LogP contribution in [0.2, 0.25) is 0 Å². The molecule has 0 saturated heterocycles. The van der Waals surface area contributed by atoms with Gasteiger partial charge in [-0.1, -0.05) is 24.3 Å². The molecule has 132 valence electrons. The van der Waals surface area contributed by atoms with Gasteiger partial charge in [0.25, 0.3) is 0 Å². The molecule has 0 bridgehead atoms. The van der Waals surface area contributed by atoms with E-state index in [-0.39, 0.29) is 0 Å². The smallest absolute Gasteiger partial charge is 0.190 e. The molecule has 0 unspecified atom stereocenters. The highest BCUT2D eigenvalue weighted by Gasteiger charge is 2.06. The summed E-state index contributed by atoms with van der Waals surface area (Å²) in [7, 11) is 0. The maximum Gasteiger partial charge on any atom is 0.190 e. The van der Waals surface area contributed by atoms with Crippen molar-refractivity contribution < 1.29 is 0 Å². The van der Waals surface area contributed by atoms with Crippen LogP contribution in [0, 0.1) is 20.8 Å². The molecule has 0 atom stereocenters. The van der Waals surface area contributed by atoms with Crippen LogP contribution in [0.5, 0.6) is 0 Å². The molecule has 3 nitrogen and oxygen atoms in total. The molecule has 0 spiro atoms. The first-order valence-electron chi connectivity index (χ1n) is 8.94. The number of hydrogen-bond acceptors (Lipinski definition) is 2. The fourth-order valence-electron chi connectivity index (χ4n) is 3.25. The summed E-state index contributed by atoms with van der Waals surface area (Å²) >= 11 is 1.71. The second-order valence-corrected chi connectivity index (χ2v) is 7.64. The van der Waals surface area contributed by atoms with Gasteiger partial charge in [-0.15, -0.1) is 11.3 Å². The lowest BCUT2D eigenvalue weighted by molar-refractivity contribution is 0.660. The monoisotopic (exact) mass is 361 g/mol. The van der Waals surface area contributed by atoms with Crippen molar-refractivity contribution in [3.63, 3.8) is 0 Å². The second-order valence-electron chi connectivity index (χ2n) is 6.80. The quantitative estimate of drug-likeness (QED) is 0.503. The van der Waals surface area contributed by atoms with Gasteiger partial charge >= 0.3 is 0 Å². The molecule has 0 aliphatic heterocycles. The zero-order valence-corrected chi connectivity index (χ0v) is 16.2. The summed E-state index contributed by atoms with van der Waals surface area (Å²) in [6, 6.07) is 14.9.